The Kier molecular flexibility index (Phi) is 2.99. The van der Waals surface area contributed by atoms with Gasteiger partial charge in [0.2, 0.25) is 0 Å². The number of carboxylic acid groups (broad SMARTS) is 1. The second-order valence-electron chi connectivity index (χ2n) is 5.34. The lowest BCUT2D eigenvalue weighted by Gasteiger charge is -2.52. The van der Waals surface area contributed by atoms with E-state index in [1.54, 1.807) is 0 Å². The maximum atomic E-state index is 11.5. The van der Waals surface area contributed by atoms with Gasteiger partial charge in [0.15, 0.2) is 0 Å². The Balaban J connectivity index is 3.41. The first-order valence-electron chi connectivity index (χ1n) is 5.68. The van der Waals surface area contributed by atoms with Crippen molar-refractivity contribution in [3.05, 3.63) is 11.1 Å². The summed E-state index contributed by atoms with van der Waals surface area (Å²) in [6.07, 6.45) is 2.55. The Morgan fingerprint density at radius 3 is 2.27 bits per heavy atom. The number of rotatable bonds is 2. The first-order valence-corrected chi connectivity index (χ1v) is 5.68. The summed E-state index contributed by atoms with van der Waals surface area (Å²) in [5.74, 6) is -0.911. The van der Waals surface area contributed by atoms with E-state index in [-0.39, 0.29) is 5.41 Å². The van der Waals surface area contributed by atoms with Crippen molar-refractivity contribution in [1.82, 2.24) is 0 Å². The highest BCUT2D eigenvalue weighted by Crippen LogP contribution is 2.54. The zero-order valence-electron chi connectivity index (χ0n) is 10.4. The van der Waals surface area contributed by atoms with E-state index >= 15 is 0 Å². The minimum atomic E-state index is -0.911. The summed E-state index contributed by atoms with van der Waals surface area (Å²) in [4.78, 5) is 11.5. The van der Waals surface area contributed by atoms with Crippen LogP contribution in [0.5, 0.6) is 0 Å². The van der Waals surface area contributed by atoms with Gasteiger partial charge in [-0.2, -0.15) is 0 Å². The van der Waals surface area contributed by atoms with E-state index < -0.39 is 11.4 Å². The fraction of sp³-hybridized carbons (Fsp3) is 0.769. The summed E-state index contributed by atoms with van der Waals surface area (Å²) >= 11 is 0. The molecule has 1 aliphatic rings. The largest absolute Gasteiger partial charge is 0.549 e. The van der Waals surface area contributed by atoms with Crippen LogP contribution in [0.4, 0.5) is 0 Å². The molecule has 0 N–H and O–H groups in total. The van der Waals surface area contributed by atoms with Crippen LogP contribution < -0.4 is 5.11 Å². The molecule has 1 aliphatic carbocycles. The number of aliphatic carboxylic acids is 1. The van der Waals surface area contributed by atoms with Crippen molar-refractivity contribution in [2.75, 3.05) is 0 Å². The van der Waals surface area contributed by atoms with Crippen molar-refractivity contribution in [3.63, 3.8) is 0 Å². The summed E-state index contributed by atoms with van der Waals surface area (Å²) in [5.41, 5.74) is 1.26. The van der Waals surface area contributed by atoms with Gasteiger partial charge in [0.25, 0.3) is 0 Å². The van der Waals surface area contributed by atoms with Crippen molar-refractivity contribution in [1.29, 1.82) is 0 Å². The molecular weight excluding hydrogens is 188 g/mol. The van der Waals surface area contributed by atoms with E-state index in [2.05, 4.69) is 0 Å². The number of carbonyl (C=O) groups is 1. The first kappa shape index (κ1) is 12.3. The summed E-state index contributed by atoms with van der Waals surface area (Å²) in [6, 6.07) is 0. The smallest absolute Gasteiger partial charge is 0.0522 e. The minimum Gasteiger partial charge on any atom is -0.549 e. The molecule has 86 valence electrons. The topological polar surface area (TPSA) is 40.1 Å². The van der Waals surface area contributed by atoms with Crippen LogP contribution in [0.2, 0.25) is 0 Å². The summed E-state index contributed by atoms with van der Waals surface area (Å²) < 4.78 is 0. The quantitative estimate of drug-likeness (QED) is 0.655. The second-order valence-corrected chi connectivity index (χ2v) is 5.34. The molecule has 0 fully saturated rings. The molecule has 0 aliphatic heterocycles. The van der Waals surface area contributed by atoms with Crippen LogP contribution in [0, 0.1) is 10.8 Å². The molecule has 15 heavy (non-hydrogen) atoms. The normalized spacial score (nSPS) is 30.5. The van der Waals surface area contributed by atoms with Crippen LogP contribution in [0.25, 0.3) is 0 Å². The average molecular weight is 209 g/mol. The van der Waals surface area contributed by atoms with Crippen molar-refractivity contribution in [2.45, 2.75) is 53.9 Å². The number of hydrogen-bond acceptors (Lipinski definition) is 2. The highest BCUT2D eigenvalue weighted by Gasteiger charge is 2.48. The fourth-order valence-corrected chi connectivity index (χ4v) is 3.09. The number of carboxylic acids is 1. The number of hydrogen-bond donors (Lipinski definition) is 0. The van der Waals surface area contributed by atoms with Gasteiger partial charge in [-0.3, -0.25) is 0 Å². The third kappa shape index (κ3) is 1.51. The predicted octanol–water partition coefficient (Wildman–Crippen LogP) is 2.29. The zero-order valence-corrected chi connectivity index (χ0v) is 10.4. The van der Waals surface area contributed by atoms with Crippen molar-refractivity contribution in [3.8, 4) is 0 Å². The molecule has 0 bridgehead atoms. The van der Waals surface area contributed by atoms with E-state index in [4.69, 9.17) is 0 Å². The molecule has 0 aromatic carbocycles. The lowest BCUT2D eigenvalue weighted by atomic mass is 9.54. The van der Waals surface area contributed by atoms with Crippen LogP contribution >= 0.6 is 0 Å². The van der Waals surface area contributed by atoms with Crippen LogP contribution in [0.3, 0.4) is 0 Å². The first-order chi connectivity index (χ1) is 6.79. The highest BCUT2D eigenvalue weighted by atomic mass is 16.4. The lowest BCUT2D eigenvalue weighted by molar-refractivity contribution is -0.323. The van der Waals surface area contributed by atoms with E-state index in [1.165, 1.54) is 5.57 Å². The molecule has 0 heterocycles. The summed E-state index contributed by atoms with van der Waals surface area (Å²) in [7, 11) is 0. The molecule has 0 radical (unpaired) electrons. The van der Waals surface area contributed by atoms with Crippen LogP contribution in [-0.2, 0) is 4.79 Å². The molecule has 1 unspecified atom stereocenters. The van der Waals surface area contributed by atoms with Gasteiger partial charge in [-0.25, -0.2) is 0 Å². The van der Waals surface area contributed by atoms with Gasteiger partial charge in [0.1, 0.15) is 0 Å². The zero-order chi connectivity index (χ0) is 11.9. The Hall–Kier alpha value is -0.790. The van der Waals surface area contributed by atoms with Gasteiger partial charge < -0.3 is 9.90 Å². The molecule has 0 saturated heterocycles. The van der Waals surface area contributed by atoms with Crippen molar-refractivity contribution < 1.29 is 9.90 Å². The third-order valence-electron chi connectivity index (χ3n) is 4.44. The second kappa shape index (κ2) is 3.66. The summed E-state index contributed by atoms with van der Waals surface area (Å²) in [5, 5.41) is 11.5. The SMILES string of the molecule is CCC1(C(=O)[O-])C(C)=C(C)CCC1(C)C. The van der Waals surface area contributed by atoms with E-state index in [0.29, 0.717) is 6.42 Å². The van der Waals surface area contributed by atoms with Crippen LogP contribution in [-0.4, -0.2) is 5.97 Å². The molecule has 1 rings (SSSR count). The Bertz CT molecular complexity index is 312. The van der Waals surface area contributed by atoms with E-state index in [0.717, 1.165) is 18.4 Å². The van der Waals surface area contributed by atoms with Crippen LogP contribution in [0.1, 0.15) is 53.9 Å². The fourth-order valence-electron chi connectivity index (χ4n) is 3.09. The highest BCUT2D eigenvalue weighted by molar-refractivity contribution is 5.78. The Labute approximate surface area is 92.4 Å². The van der Waals surface area contributed by atoms with Gasteiger partial charge in [-0.15, -0.1) is 0 Å². The molecular formula is C13H21O2-. The lowest BCUT2D eigenvalue weighted by Crippen LogP contribution is -2.53. The van der Waals surface area contributed by atoms with E-state index in [9.17, 15) is 9.90 Å². The van der Waals surface area contributed by atoms with Gasteiger partial charge >= 0.3 is 0 Å². The van der Waals surface area contributed by atoms with Crippen molar-refractivity contribution in [2.24, 2.45) is 10.8 Å². The third-order valence-corrected chi connectivity index (χ3v) is 4.44. The number of allylic oxidation sites excluding steroid dienone is 1. The monoisotopic (exact) mass is 209 g/mol. The Morgan fingerprint density at radius 2 is 1.93 bits per heavy atom. The molecule has 2 nitrogen and oxygen atoms in total. The van der Waals surface area contributed by atoms with Gasteiger partial charge in [0.05, 0.1) is 5.97 Å². The molecule has 0 amide bonds. The van der Waals surface area contributed by atoms with Gasteiger partial charge in [-0.1, -0.05) is 31.9 Å². The standard InChI is InChI=1S/C13H22O2/c1-6-13(11(14)15)10(3)9(2)7-8-12(13,4)5/h6-8H2,1-5H3,(H,14,15)/p-1. The van der Waals surface area contributed by atoms with E-state index in [1.807, 2.05) is 34.6 Å². The average Bonchev–Trinajstić information content (AvgIpc) is 2.13. The molecule has 0 spiro atoms. The molecule has 2 heteroatoms. The Morgan fingerprint density at radius 1 is 1.40 bits per heavy atom. The predicted molar refractivity (Wildman–Crippen MR) is 59.1 cm³/mol. The molecule has 0 aromatic rings. The van der Waals surface area contributed by atoms with Gasteiger partial charge in [-0.05, 0) is 38.5 Å². The molecule has 0 saturated carbocycles. The van der Waals surface area contributed by atoms with Gasteiger partial charge in [0, 0.05) is 5.41 Å². The summed E-state index contributed by atoms with van der Waals surface area (Å²) in [6.45, 7) is 10.0. The molecule has 0 aromatic heterocycles. The molecule has 1 atom stereocenters. The minimum absolute atomic E-state index is 0.204. The maximum absolute atomic E-state index is 11.5. The maximum Gasteiger partial charge on any atom is 0.0522 e. The van der Waals surface area contributed by atoms with Crippen molar-refractivity contribution >= 4 is 5.97 Å². The number of carbonyl (C=O) groups excluding carboxylic acids is 1. The van der Waals surface area contributed by atoms with Crippen LogP contribution in [0.15, 0.2) is 11.1 Å².